The number of nitrogens with one attached hydrogen (secondary N) is 1. The SMILES string of the molecule is Cc1noc(C)c1CCCNC(=O)[C@H]1COc2ccccc2C1. The normalized spacial score (nSPS) is 16.5. The maximum atomic E-state index is 12.3. The number of hydrogen-bond acceptors (Lipinski definition) is 4. The van der Waals surface area contributed by atoms with E-state index in [1.54, 1.807) is 0 Å². The van der Waals surface area contributed by atoms with Crippen LogP contribution in [0.5, 0.6) is 5.75 Å². The third-order valence-electron chi connectivity index (χ3n) is 4.33. The number of hydrogen-bond donors (Lipinski definition) is 1. The molecule has 2 aromatic rings. The highest BCUT2D eigenvalue weighted by Crippen LogP contribution is 2.26. The van der Waals surface area contributed by atoms with E-state index in [2.05, 4.69) is 10.5 Å². The van der Waals surface area contributed by atoms with Gasteiger partial charge in [-0.1, -0.05) is 23.4 Å². The van der Waals surface area contributed by atoms with Crippen molar-refractivity contribution in [3.05, 3.63) is 46.8 Å². The first-order chi connectivity index (χ1) is 11.1. The van der Waals surface area contributed by atoms with Crippen LogP contribution in [0.3, 0.4) is 0 Å². The summed E-state index contributed by atoms with van der Waals surface area (Å²) in [6.07, 6.45) is 2.48. The molecule has 1 aromatic carbocycles. The van der Waals surface area contributed by atoms with Crippen LogP contribution in [0.1, 0.15) is 29.0 Å². The van der Waals surface area contributed by atoms with Crippen LogP contribution in [0.15, 0.2) is 28.8 Å². The number of amides is 1. The highest BCUT2D eigenvalue weighted by Gasteiger charge is 2.25. The molecule has 0 unspecified atom stereocenters. The molecule has 5 nitrogen and oxygen atoms in total. The Morgan fingerprint density at radius 3 is 2.96 bits per heavy atom. The molecule has 1 aliphatic heterocycles. The summed E-state index contributed by atoms with van der Waals surface area (Å²) < 4.78 is 10.8. The van der Waals surface area contributed by atoms with Crippen molar-refractivity contribution < 1.29 is 14.1 Å². The van der Waals surface area contributed by atoms with Gasteiger partial charge in [-0.3, -0.25) is 4.79 Å². The minimum atomic E-state index is -0.107. The molecule has 122 valence electrons. The molecule has 1 atom stereocenters. The first-order valence-corrected chi connectivity index (χ1v) is 8.05. The van der Waals surface area contributed by atoms with Gasteiger partial charge in [0.05, 0.1) is 11.6 Å². The predicted molar refractivity (Wildman–Crippen MR) is 86.4 cm³/mol. The molecule has 2 heterocycles. The quantitative estimate of drug-likeness (QED) is 0.862. The fraction of sp³-hybridized carbons (Fsp3) is 0.444. The average Bonchev–Trinajstić information content (AvgIpc) is 2.89. The molecule has 0 fully saturated rings. The largest absolute Gasteiger partial charge is 0.492 e. The monoisotopic (exact) mass is 314 g/mol. The third-order valence-corrected chi connectivity index (χ3v) is 4.33. The zero-order chi connectivity index (χ0) is 16.2. The molecular weight excluding hydrogens is 292 g/mol. The van der Waals surface area contributed by atoms with Gasteiger partial charge in [0.15, 0.2) is 0 Å². The van der Waals surface area contributed by atoms with Crippen LogP contribution in [0.2, 0.25) is 0 Å². The lowest BCUT2D eigenvalue weighted by molar-refractivity contribution is -0.126. The van der Waals surface area contributed by atoms with Crippen molar-refractivity contribution in [1.82, 2.24) is 10.5 Å². The Morgan fingerprint density at radius 1 is 1.35 bits per heavy atom. The van der Waals surface area contributed by atoms with Crippen molar-refractivity contribution in [1.29, 1.82) is 0 Å². The van der Waals surface area contributed by atoms with Crippen LogP contribution >= 0.6 is 0 Å². The predicted octanol–water partition coefficient (Wildman–Crippen LogP) is 2.59. The Morgan fingerprint density at radius 2 is 2.17 bits per heavy atom. The van der Waals surface area contributed by atoms with Crippen LogP contribution in [-0.4, -0.2) is 24.2 Å². The molecular formula is C18H22N2O3. The number of ether oxygens (including phenoxy) is 1. The lowest BCUT2D eigenvalue weighted by atomic mass is 9.96. The van der Waals surface area contributed by atoms with Gasteiger partial charge in [-0.2, -0.15) is 0 Å². The molecule has 0 spiro atoms. The Hall–Kier alpha value is -2.30. The first kappa shape index (κ1) is 15.6. The van der Waals surface area contributed by atoms with Crippen LogP contribution in [-0.2, 0) is 17.6 Å². The standard InChI is InChI=1S/C18H22N2O3/c1-12-16(13(2)23-20-12)7-5-9-19-18(21)15-10-14-6-3-4-8-17(14)22-11-15/h3-4,6,8,15H,5,7,9-11H2,1-2H3,(H,19,21)/t15-/m1/s1. The van der Waals surface area contributed by atoms with Gasteiger partial charge < -0.3 is 14.6 Å². The average molecular weight is 314 g/mol. The summed E-state index contributed by atoms with van der Waals surface area (Å²) in [7, 11) is 0. The van der Waals surface area contributed by atoms with Gasteiger partial charge in [0.1, 0.15) is 18.1 Å². The summed E-state index contributed by atoms with van der Waals surface area (Å²) >= 11 is 0. The van der Waals surface area contributed by atoms with Gasteiger partial charge in [0.25, 0.3) is 0 Å². The molecule has 1 aliphatic rings. The topological polar surface area (TPSA) is 64.4 Å². The maximum Gasteiger partial charge on any atom is 0.226 e. The zero-order valence-corrected chi connectivity index (χ0v) is 13.6. The van der Waals surface area contributed by atoms with Gasteiger partial charge in [-0.15, -0.1) is 0 Å². The highest BCUT2D eigenvalue weighted by molar-refractivity contribution is 5.79. The summed E-state index contributed by atoms with van der Waals surface area (Å²) in [4.78, 5) is 12.3. The lowest BCUT2D eigenvalue weighted by Crippen LogP contribution is -2.37. The van der Waals surface area contributed by atoms with Crippen LogP contribution < -0.4 is 10.1 Å². The van der Waals surface area contributed by atoms with Gasteiger partial charge in [-0.05, 0) is 44.7 Å². The Balaban J connectivity index is 1.45. The Labute approximate surface area is 136 Å². The summed E-state index contributed by atoms with van der Waals surface area (Å²) in [5.74, 6) is 1.73. The second-order valence-electron chi connectivity index (χ2n) is 6.02. The molecule has 0 saturated heterocycles. The molecule has 3 rings (SSSR count). The maximum absolute atomic E-state index is 12.3. The van der Waals surface area contributed by atoms with Crippen molar-refractivity contribution in [2.24, 2.45) is 5.92 Å². The van der Waals surface area contributed by atoms with E-state index in [0.29, 0.717) is 13.2 Å². The highest BCUT2D eigenvalue weighted by atomic mass is 16.5. The third kappa shape index (κ3) is 3.55. The number of aryl methyl sites for hydroxylation is 2. The second kappa shape index (κ2) is 6.86. The lowest BCUT2D eigenvalue weighted by Gasteiger charge is -2.24. The van der Waals surface area contributed by atoms with Crippen molar-refractivity contribution >= 4 is 5.91 Å². The van der Waals surface area contributed by atoms with Crippen LogP contribution in [0.25, 0.3) is 0 Å². The number of fused-ring (bicyclic) bond motifs is 1. The van der Waals surface area contributed by atoms with Gasteiger partial charge in [0.2, 0.25) is 5.91 Å². The fourth-order valence-corrected chi connectivity index (χ4v) is 2.98. The van der Waals surface area contributed by atoms with Crippen molar-refractivity contribution in [2.75, 3.05) is 13.2 Å². The van der Waals surface area contributed by atoms with Crippen molar-refractivity contribution in [3.8, 4) is 5.75 Å². The minimum absolute atomic E-state index is 0.0678. The summed E-state index contributed by atoms with van der Waals surface area (Å²) in [6, 6.07) is 7.90. The van der Waals surface area contributed by atoms with E-state index >= 15 is 0 Å². The molecule has 0 radical (unpaired) electrons. The van der Waals surface area contributed by atoms with E-state index in [4.69, 9.17) is 9.26 Å². The summed E-state index contributed by atoms with van der Waals surface area (Å²) in [5, 5.41) is 6.96. The number of nitrogens with zero attached hydrogens (tertiary/aromatic N) is 1. The smallest absolute Gasteiger partial charge is 0.226 e. The van der Waals surface area contributed by atoms with Gasteiger partial charge in [-0.25, -0.2) is 0 Å². The molecule has 0 saturated carbocycles. The zero-order valence-electron chi connectivity index (χ0n) is 13.6. The number of rotatable bonds is 5. The molecule has 1 N–H and O–H groups in total. The number of benzene rings is 1. The summed E-state index contributed by atoms with van der Waals surface area (Å²) in [6.45, 7) is 4.97. The second-order valence-corrected chi connectivity index (χ2v) is 6.02. The number of carbonyl (C=O) groups is 1. The number of para-hydroxylation sites is 1. The van der Waals surface area contributed by atoms with E-state index in [1.165, 1.54) is 0 Å². The first-order valence-electron chi connectivity index (χ1n) is 8.05. The van der Waals surface area contributed by atoms with E-state index in [9.17, 15) is 4.79 Å². The fourth-order valence-electron chi connectivity index (χ4n) is 2.98. The Kier molecular flexibility index (Phi) is 4.65. The van der Waals surface area contributed by atoms with E-state index in [1.807, 2.05) is 38.1 Å². The van der Waals surface area contributed by atoms with Crippen LogP contribution in [0.4, 0.5) is 0 Å². The van der Waals surface area contributed by atoms with Crippen LogP contribution in [0, 0.1) is 19.8 Å². The molecule has 0 aliphatic carbocycles. The minimum Gasteiger partial charge on any atom is -0.492 e. The molecule has 0 bridgehead atoms. The molecule has 5 heteroatoms. The van der Waals surface area contributed by atoms with E-state index in [-0.39, 0.29) is 11.8 Å². The molecule has 1 aromatic heterocycles. The number of aromatic nitrogens is 1. The Bertz CT molecular complexity index is 674. The molecule has 23 heavy (non-hydrogen) atoms. The van der Waals surface area contributed by atoms with E-state index in [0.717, 1.165) is 47.6 Å². The van der Waals surface area contributed by atoms with E-state index < -0.39 is 0 Å². The molecule has 1 amide bonds. The van der Waals surface area contributed by atoms with Crippen molar-refractivity contribution in [3.63, 3.8) is 0 Å². The number of carbonyl (C=O) groups excluding carboxylic acids is 1. The summed E-state index contributed by atoms with van der Waals surface area (Å²) in [5.41, 5.74) is 3.19. The van der Waals surface area contributed by atoms with Crippen molar-refractivity contribution in [2.45, 2.75) is 33.1 Å². The van der Waals surface area contributed by atoms with Gasteiger partial charge >= 0.3 is 0 Å². The van der Waals surface area contributed by atoms with Gasteiger partial charge in [0, 0.05) is 12.1 Å².